The van der Waals surface area contributed by atoms with Gasteiger partial charge in [-0.15, -0.1) is 0 Å². The molecule has 0 aliphatic heterocycles. The molecular weight excluding hydrogens is 224 g/mol. The second kappa shape index (κ2) is 6.21. The van der Waals surface area contributed by atoms with Crippen molar-refractivity contribution in [2.75, 3.05) is 26.0 Å². The minimum absolute atomic E-state index is 0.0398. The van der Waals surface area contributed by atoms with E-state index in [1.807, 2.05) is 14.0 Å². The van der Waals surface area contributed by atoms with Crippen LogP contribution < -0.4 is 5.32 Å². The van der Waals surface area contributed by atoms with Crippen LogP contribution in [0.2, 0.25) is 0 Å². The first-order chi connectivity index (χ1) is 8.35. The van der Waals surface area contributed by atoms with Gasteiger partial charge in [0.25, 0.3) is 0 Å². The molecule has 102 valence electrons. The lowest BCUT2D eigenvalue weighted by molar-refractivity contribution is 0.0803. The molecule has 1 aromatic carbocycles. The highest BCUT2D eigenvalue weighted by Crippen LogP contribution is 2.20. The van der Waals surface area contributed by atoms with Crippen molar-refractivity contribution in [3.8, 4) is 0 Å². The number of hydrogen-bond donors (Lipinski definition) is 2. The summed E-state index contributed by atoms with van der Waals surface area (Å²) in [5.74, 6) is 0. The predicted molar refractivity (Wildman–Crippen MR) is 78.1 cm³/mol. The van der Waals surface area contributed by atoms with Crippen LogP contribution in [0.4, 0.5) is 5.69 Å². The van der Waals surface area contributed by atoms with Gasteiger partial charge in [-0.3, -0.25) is 4.90 Å². The summed E-state index contributed by atoms with van der Waals surface area (Å²) in [5.41, 5.74) is 2.49. The van der Waals surface area contributed by atoms with Gasteiger partial charge in [0.15, 0.2) is 0 Å². The Balaban J connectivity index is 2.68. The Labute approximate surface area is 111 Å². The minimum atomic E-state index is -0.291. The summed E-state index contributed by atoms with van der Waals surface area (Å²) in [6.45, 7) is 6.94. The zero-order valence-electron chi connectivity index (χ0n) is 12.2. The smallest absolute Gasteiger partial charge is 0.0639 e. The first-order valence-corrected chi connectivity index (χ1v) is 6.51. The molecular formula is C15H26N2O. The molecule has 0 fully saturated rings. The summed E-state index contributed by atoms with van der Waals surface area (Å²) >= 11 is 0. The zero-order chi connectivity index (χ0) is 13.8. The average molecular weight is 250 g/mol. The Bertz CT molecular complexity index is 357. The van der Waals surface area contributed by atoms with Crippen LogP contribution in [0.15, 0.2) is 24.3 Å². The maximum atomic E-state index is 9.47. The van der Waals surface area contributed by atoms with Crippen LogP contribution in [0.5, 0.6) is 0 Å². The van der Waals surface area contributed by atoms with Crippen LogP contribution >= 0.6 is 0 Å². The molecule has 2 N–H and O–H groups in total. The van der Waals surface area contributed by atoms with Gasteiger partial charge < -0.3 is 10.4 Å². The lowest BCUT2D eigenvalue weighted by atomic mass is 9.93. The highest BCUT2D eigenvalue weighted by atomic mass is 16.3. The fourth-order valence-corrected chi connectivity index (χ4v) is 2.07. The Kier molecular flexibility index (Phi) is 5.17. The van der Waals surface area contributed by atoms with E-state index in [2.05, 4.69) is 55.4 Å². The van der Waals surface area contributed by atoms with Gasteiger partial charge in [0.1, 0.15) is 0 Å². The average Bonchev–Trinajstić information content (AvgIpc) is 2.28. The summed E-state index contributed by atoms with van der Waals surface area (Å²) in [6, 6.07) is 8.51. The van der Waals surface area contributed by atoms with Crippen molar-refractivity contribution in [1.29, 1.82) is 0 Å². The van der Waals surface area contributed by atoms with Crippen molar-refractivity contribution < 1.29 is 5.11 Å². The van der Waals surface area contributed by atoms with E-state index in [1.165, 1.54) is 5.56 Å². The molecule has 0 aliphatic rings. The normalized spacial score (nSPS) is 13.7. The van der Waals surface area contributed by atoms with Crippen LogP contribution in [0, 0.1) is 0 Å². The molecule has 0 heterocycles. The number of nitrogens with one attached hydrogen (secondary N) is 1. The first-order valence-electron chi connectivity index (χ1n) is 6.51. The molecule has 0 aliphatic carbocycles. The third-order valence-corrected chi connectivity index (χ3v) is 3.45. The molecule has 0 aromatic heterocycles. The van der Waals surface area contributed by atoms with Gasteiger partial charge in [-0.1, -0.05) is 12.1 Å². The van der Waals surface area contributed by atoms with E-state index in [0.717, 1.165) is 12.1 Å². The van der Waals surface area contributed by atoms with Crippen molar-refractivity contribution in [3.63, 3.8) is 0 Å². The highest BCUT2D eigenvalue weighted by Gasteiger charge is 2.24. The number of anilines is 1. The second-order valence-corrected chi connectivity index (χ2v) is 5.67. The van der Waals surface area contributed by atoms with E-state index in [-0.39, 0.29) is 11.6 Å². The monoisotopic (exact) mass is 250 g/mol. The van der Waals surface area contributed by atoms with Gasteiger partial charge in [-0.2, -0.15) is 0 Å². The van der Waals surface area contributed by atoms with Crippen molar-refractivity contribution in [2.24, 2.45) is 0 Å². The third-order valence-electron chi connectivity index (χ3n) is 3.45. The first kappa shape index (κ1) is 15.0. The number of hydrogen-bond acceptors (Lipinski definition) is 3. The third kappa shape index (κ3) is 4.31. The maximum absolute atomic E-state index is 9.47. The number of nitrogens with zero attached hydrogens (tertiary/aromatic N) is 1. The Morgan fingerprint density at radius 2 is 1.83 bits per heavy atom. The number of β-amino-alcohol motifs (C(OH)–C–C–N with tert-alkyl or cyclic N) is 1. The van der Waals surface area contributed by atoms with Crippen LogP contribution in [0.25, 0.3) is 0 Å². The maximum Gasteiger partial charge on any atom is 0.0639 e. The molecule has 0 radical (unpaired) electrons. The van der Waals surface area contributed by atoms with Crippen LogP contribution in [0.3, 0.4) is 0 Å². The predicted octanol–water partition coefficient (Wildman–Crippen LogP) is 2.36. The van der Waals surface area contributed by atoms with E-state index < -0.39 is 0 Å². The number of rotatable bonds is 6. The summed E-state index contributed by atoms with van der Waals surface area (Å²) < 4.78 is 0. The van der Waals surface area contributed by atoms with E-state index in [1.54, 1.807) is 0 Å². The van der Waals surface area contributed by atoms with Crippen molar-refractivity contribution >= 4 is 5.69 Å². The van der Waals surface area contributed by atoms with Crippen LogP contribution in [-0.4, -0.2) is 42.3 Å². The molecule has 3 nitrogen and oxygen atoms in total. The Morgan fingerprint density at radius 3 is 2.28 bits per heavy atom. The van der Waals surface area contributed by atoms with Crippen molar-refractivity contribution in [1.82, 2.24) is 4.90 Å². The second-order valence-electron chi connectivity index (χ2n) is 5.67. The highest BCUT2D eigenvalue weighted by molar-refractivity contribution is 5.44. The molecule has 0 saturated heterocycles. The molecule has 1 rings (SSSR count). The largest absolute Gasteiger partial charge is 0.392 e. The Hall–Kier alpha value is -1.06. The Morgan fingerprint density at radius 1 is 1.28 bits per heavy atom. The molecule has 0 spiro atoms. The number of likely N-dealkylation sites (N-methyl/N-ethyl adjacent to an activating group) is 1. The topological polar surface area (TPSA) is 35.5 Å². The summed E-state index contributed by atoms with van der Waals surface area (Å²) in [4.78, 5) is 2.21. The van der Waals surface area contributed by atoms with E-state index in [4.69, 9.17) is 0 Å². The standard InChI is InChI=1S/C15H26N2O/c1-12(18)11-17(5)15(2,3)10-13-6-8-14(16-4)9-7-13/h6-9,12,16,18H,10-11H2,1-5H3. The zero-order valence-corrected chi connectivity index (χ0v) is 12.2. The van der Waals surface area contributed by atoms with Gasteiger partial charge in [0.05, 0.1) is 6.10 Å². The molecule has 0 saturated carbocycles. The van der Waals surface area contributed by atoms with Crippen molar-refractivity contribution in [3.05, 3.63) is 29.8 Å². The molecule has 3 heteroatoms. The summed E-state index contributed by atoms with van der Waals surface area (Å²) in [5, 5.41) is 12.6. The van der Waals surface area contributed by atoms with E-state index in [0.29, 0.717) is 6.54 Å². The number of benzene rings is 1. The molecule has 0 amide bonds. The molecule has 1 atom stereocenters. The minimum Gasteiger partial charge on any atom is -0.392 e. The number of aliphatic hydroxyl groups is 1. The number of aliphatic hydroxyl groups excluding tert-OH is 1. The summed E-state index contributed by atoms with van der Waals surface area (Å²) in [6.07, 6.45) is 0.682. The molecule has 1 unspecified atom stereocenters. The summed E-state index contributed by atoms with van der Waals surface area (Å²) in [7, 11) is 3.99. The fraction of sp³-hybridized carbons (Fsp3) is 0.600. The van der Waals surface area contributed by atoms with Gasteiger partial charge in [0.2, 0.25) is 0 Å². The van der Waals surface area contributed by atoms with E-state index in [9.17, 15) is 5.11 Å². The lowest BCUT2D eigenvalue weighted by Crippen LogP contribution is -2.45. The van der Waals surface area contributed by atoms with Gasteiger partial charge in [-0.05, 0) is 51.9 Å². The SMILES string of the molecule is CNc1ccc(CC(C)(C)N(C)CC(C)O)cc1. The van der Waals surface area contributed by atoms with Crippen LogP contribution in [0.1, 0.15) is 26.3 Å². The van der Waals surface area contributed by atoms with Crippen molar-refractivity contribution in [2.45, 2.75) is 38.8 Å². The van der Waals surface area contributed by atoms with E-state index >= 15 is 0 Å². The molecule has 18 heavy (non-hydrogen) atoms. The molecule has 0 bridgehead atoms. The van der Waals surface area contributed by atoms with Gasteiger partial charge in [-0.25, -0.2) is 0 Å². The quantitative estimate of drug-likeness (QED) is 0.813. The lowest BCUT2D eigenvalue weighted by Gasteiger charge is -2.36. The van der Waals surface area contributed by atoms with Crippen LogP contribution in [-0.2, 0) is 6.42 Å². The van der Waals surface area contributed by atoms with Gasteiger partial charge in [0, 0.05) is 24.8 Å². The molecule has 1 aromatic rings. The fourth-order valence-electron chi connectivity index (χ4n) is 2.07. The van der Waals surface area contributed by atoms with Gasteiger partial charge >= 0.3 is 0 Å².